The summed E-state index contributed by atoms with van der Waals surface area (Å²) in [7, 11) is 0. The van der Waals surface area contributed by atoms with Gasteiger partial charge in [-0.3, -0.25) is 5.43 Å². The van der Waals surface area contributed by atoms with Crippen LogP contribution in [0.5, 0.6) is 0 Å². The third-order valence-electron chi connectivity index (χ3n) is 2.40. The molecule has 21 heavy (non-hydrogen) atoms. The summed E-state index contributed by atoms with van der Waals surface area (Å²) in [6.45, 7) is 0. The van der Waals surface area contributed by atoms with Gasteiger partial charge in [-0.15, -0.1) is 0 Å². The van der Waals surface area contributed by atoms with Crippen LogP contribution in [0.2, 0.25) is 5.02 Å². The van der Waals surface area contributed by atoms with E-state index in [1.165, 1.54) is 0 Å². The van der Waals surface area contributed by atoms with Crippen LogP contribution >= 0.6 is 81.2 Å². The Labute approximate surface area is 156 Å². The first-order valence-electron chi connectivity index (χ1n) is 5.34. The van der Waals surface area contributed by atoms with Crippen molar-refractivity contribution in [2.45, 2.75) is 7.71 Å². The molecule has 1 aromatic rings. The first-order valence-corrected chi connectivity index (χ1v) is 7.99. The molecule has 0 bridgehead atoms. The number of halogens is 7. The number of hydrazone groups is 1. The second-order valence-corrected chi connectivity index (χ2v) is 8.88. The van der Waals surface area contributed by atoms with Crippen molar-refractivity contribution in [3.8, 4) is 0 Å². The number of hydrogen-bond acceptors (Lipinski definition) is 3. The Morgan fingerprint density at radius 2 is 1.52 bits per heavy atom. The predicted molar refractivity (Wildman–Crippen MR) is 91.6 cm³/mol. The molecule has 2 rings (SSSR count). The number of rotatable bonds is 1. The maximum atomic E-state index is 5.87. The van der Waals surface area contributed by atoms with E-state index in [-0.39, 0.29) is 5.70 Å². The highest BCUT2D eigenvalue weighted by Gasteiger charge is 2.37. The average Bonchev–Trinajstić information content (AvgIpc) is 2.37. The van der Waals surface area contributed by atoms with Crippen molar-refractivity contribution >= 4 is 86.9 Å². The molecule has 0 aliphatic carbocycles. The van der Waals surface area contributed by atoms with Crippen LogP contribution in [-0.4, -0.2) is 18.5 Å². The molecule has 0 unspecified atom stereocenters. The Hall–Kier alpha value is 0.260. The molecule has 0 saturated carbocycles. The van der Waals surface area contributed by atoms with Crippen molar-refractivity contribution in [2.75, 3.05) is 0 Å². The van der Waals surface area contributed by atoms with Gasteiger partial charge in [0.25, 0.3) is 0 Å². The monoisotopic (exact) mass is 425 g/mol. The highest BCUT2D eigenvalue weighted by atomic mass is 35.6. The number of alkyl halides is 6. The summed E-state index contributed by atoms with van der Waals surface area (Å²) in [5.41, 5.74) is 3.98. The fourth-order valence-corrected chi connectivity index (χ4v) is 2.13. The lowest BCUT2D eigenvalue weighted by Crippen LogP contribution is -2.47. The largest absolute Gasteiger partial charge is 0.301 e. The topological polar surface area (TPSA) is 27.6 Å². The van der Waals surface area contributed by atoms with Crippen molar-refractivity contribution in [3.05, 3.63) is 46.6 Å². The number of allylic oxidation sites excluding steroid dienone is 2. The Morgan fingerprint density at radius 3 is 2.00 bits per heavy atom. The van der Waals surface area contributed by atoms with E-state index in [0.717, 1.165) is 5.12 Å². The maximum absolute atomic E-state index is 5.87. The Kier molecular flexibility index (Phi) is 5.37. The van der Waals surface area contributed by atoms with Gasteiger partial charge < -0.3 is 0 Å². The van der Waals surface area contributed by atoms with Crippen molar-refractivity contribution in [1.82, 2.24) is 10.5 Å². The molecule has 0 atom stereocenters. The second kappa shape index (κ2) is 6.40. The van der Waals surface area contributed by atoms with Crippen molar-refractivity contribution in [1.29, 1.82) is 0 Å². The van der Waals surface area contributed by atoms with E-state index in [1.54, 1.807) is 30.3 Å². The lowest BCUT2D eigenvalue weighted by atomic mass is 10.1. The quantitative estimate of drug-likeness (QED) is 0.476. The van der Waals surface area contributed by atoms with Gasteiger partial charge in [0.1, 0.15) is 0 Å². The number of benzene rings is 1. The van der Waals surface area contributed by atoms with Gasteiger partial charge in [0.15, 0.2) is 0 Å². The molecular formula is C11H6Cl7N3. The summed E-state index contributed by atoms with van der Waals surface area (Å²) in [6, 6.07) is 6.89. The summed E-state index contributed by atoms with van der Waals surface area (Å²) < 4.78 is -3.60. The average molecular weight is 428 g/mol. The summed E-state index contributed by atoms with van der Waals surface area (Å²) in [6.07, 6.45) is 1.54. The standard InChI is InChI=1S/C11H6Cl7N3/c12-7-3-1-6(2-4-7)8-5-9(10(13,14)15)20-21(19-8)11(16,17)18/h1-5,20H. The third-order valence-corrected chi connectivity index (χ3v) is 3.74. The van der Waals surface area contributed by atoms with E-state index in [1.807, 2.05) is 0 Å². The first-order chi connectivity index (χ1) is 9.57. The van der Waals surface area contributed by atoms with E-state index >= 15 is 0 Å². The molecule has 1 heterocycles. The molecule has 3 nitrogen and oxygen atoms in total. The van der Waals surface area contributed by atoms with Gasteiger partial charge in [-0.2, -0.15) is 10.2 Å². The molecule has 10 heteroatoms. The molecule has 1 aliphatic heterocycles. The van der Waals surface area contributed by atoms with Crippen LogP contribution in [0.25, 0.3) is 0 Å². The summed E-state index contributed by atoms with van der Waals surface area (Å²) in [5, 5.41) is 5.72. The minimum atomic E-state index is -1.87. The fourth-order valence-electron chi connectivity index (χ4n) is 1.47. The van der Waals surface area contributed by atoms with Crippen LogP contribution in [0.3, 0.4) is 0 Å². The highest BCUT2D eigenvalue weighted by Crippen LogP contribution is 2.38. The third kappa shape index (κ3) is 4.61. The van der Waals surface area contributed by atoms with Gasteiger partial charge in [-0.05, 0) is 18.2 Å². The van der Waals surface area contributed by atoms with E-state index in [2.05, 4.69) is 10.5 Å². The fraction of sp³-hybridized carbons (Fsp3) is 0.182. The van der Waals surface area contributed by atoms with Gasteiger partial charge >= 0.3 is 3.92 Å². The Balaban J connectivity index is 2.46. The van der Waals surface area contributed by atoms with Gasteiger partial charge in [-0.25, -0.2) is 0 Å². The summed E-state index contributed by atoms with van der Waals surface area (Å²) in [4.78, 5) is 0. The van der Waals surface area contributed by atoms with Crippen LogP contribution in [0.1, 0.15) is 5.56 Å². The second-order valence-electron chi connectivity index (χ2n) is 3.94. The number of hydrazine groups is 1. The van der Waals surface area contributed by atoms with E-state index < -0.39 is 7.71 Å². The Morgan fingerprint density at radius 1 is 0.952 bits per heavy atom. The highest BCUT2D eigenvalue weighted by molar-refractivity contribution is 6.69. The normalized spacial score (nSPS) is 16.2. The van der Waals surface area contributed by atoms with Gasteiger partial charge in [0.05, 0.1) is 11.4 Å². The molecule has 1 N–H and O–H groups in total. The van der Waals surface area contributed by atoms with Crippen molar-refractivity contribution in [3.63, 3.8) is 0 Å². The molecule has 0 radical (unpaired) electrons. The molecule has 114 valence electrons. The summed E-state index contributed by atoms with van der Waals surface area (Å²) in [5.74, 6) is 0. The van der Waals surface area contributed by atoms with Crippen LogP contribution < -0.4 is 5.43 Å². The molecule has 0 fully saturated rings. The summed E-state index contributed by atoms with van der Waals surface area (Å²) >= 11 is 40.9. The van der Waals surface area contributed by atoms with Crippen molar-refractivity contribution < 1.29 is 0 Å². The van der Waals surface area contributed by atoms with Crippen molar-refractivity contribution in [2.24, 2.45) is 5.10 Å². The molecule has 0 saturated heterocycles. The molecular weight excluding hydrogens is 422 g/mol. The lowest BCUT2D eigenvalue weighted by molar-refractivity contribution is 0.216. The zero-order chi connectivity index (χ0) is 15.8. The number of hydrogen-bond donors (Lipinski definition) is 1. The molecule has 1 aromatic carbocycles. The minimum absolute atomic E-state index is 0.193. The van der Waals surface area contributed by atoms with Crippen LogP contribution in [-0.2, 0) is 0 Å². The minimum Gasteiger partial charge on any atom is -0.278 e. The first kappa shape index (κ1) is 17.6. The van der Waals surface area contributed by atoms with Gasteiger partial charge in [0, 0.05) is 10.6 Å². The number of nitrogens with one attached hydrogen (secondary N) is 1. The predicted octanol–water partition coefficient (Wildman–Crippen LogP) is 5.45. The Bertz CT molecular complexity index is 583. The van der Waals surface area contributed by atoms with E-state index in [4.69, 9.17) is 81.2 Å². The maximum Gasteiger partial charge on any atom is 0.301 e. The van der Waals surface area contributed by atoms with E-state index in [0.29, 0.717) is 16.3 Å². The lowest BCUT2D eigenvalue weighted by Gasteiger charge is -2.33. The smallest absolute Gasteiger partial charge is 0.278 e. The van der Waals surface area contributed by atoms with Crippen LogP contribution in [0.15, 0.2) is 41.1 Å². The van der Waals surface area contributed by atoms with Gasteiger partial charge in [0.2, 0.25) is 3.79 Å². The van der Waals surface area contributed by atoms with E-state index in [9.17, 15) is 0 Å². The SMILES string of the molecule is Clc1ccc(C2=NN(C(Cl)(Cl)Cl)NC(C(Cl)(Cl)Cl)=C2)cc1. The van der Waals surface area contributed by atoms with Gasteiger partial charge in [-0.1, -0.05) is 93.3 Å². The van der Waals surface area contributed by atoms with Crippen LogP contribution in [0.4, 0.5) is 0 Å². The number of nitrogens with zero attached hydrogens (tertiary/aromatic N) is 2. The zero-order valence-corrected chi connectivity index (χ0v) is 15.2. The molecule has 0 aromatic heterocycles. The zero-order valence-electron chi connectivity index (χ0n) is 9.93. The van der Waals surface area contributed by atoms with Crippen LogP contribution in [0, 0.1) is 0 Å². The molecule has 0 amide bonds. The molecule has 0 spiro atoms. The molecule has 1 aliphatic rings.